The molecule has 0 amide bonds. The molecule has 0 spiro atoms. The van der Waals surface area contributed by atoms with Gasteiger partial charge in [0.1, 0.15) is 6.29 Å². The molecule has 0 saturated heterocycles. The predicted octanol–water partition coefficient (Wildman–Crippen LogP) is 4.53. The first-order chi connectivity index (χ1) is 9.91. The lowest BCUT2D eigenvalue weighted by Crippen LogP contribution is -2.28. The normalized spacial score (nSPS) is 16.8. The first-order valence-electron chi connectivity index (χ1n) is 7.29. The topological polar surface area (TPSA) is 20.3 Å². The lowest BCUT2D eigenvalue weighted by Gasteiger charge is -2.30. The van der Waals surface area contributed by atoms with Gasteiger partial charge in [0, 0.05) is 24.8 Å². The summed E-state index contributed by atoms with van der Waals surface area (Å²) < 4.78 is 39.5. The van der Waals surface area contributed by atoms with Crippen molar-refractivity contribution in [2.24, 2.45) is 5.92 Å². The molecule has 1 aliphatic carbocycles. The highest BCUT2D eigenvalue weighted by Gasteiger charge is 2.35. The van der Waals surface area contributed by atoms with Crippen LogP contribution in [0, 0.1) is 5.92 Å². The van der Waals surface area contributed by atoms with Crippen LogP contribution in [0.4, 0.5) is 18.9 Å². The smallest absolute Gasteiger partial charge is 0.374 e. The highest BCUT2D eigenvalue weighted by Crippen LogP contribution is 2.37. The fourth-order valence-corrected chi connectivity index (χ4v) is 3.04. The van der Waals surface area contributed by atoms with Crippen molar-refractivity contribution in [2.75, 3.05) is 18.5 Å². The molecule has 0 unspecified atom stereocenters. The number of carbonyl (C=O) groups is 1. The Morgan fingerprint density at radius 3 is 2.48 bits per heavy atom. The van der Waals surface area contributed by atoms with E-state index in [1.165, 1.54) is 18.6 Å². The molecule has 21 heavy (non-hydrogen) atoms. The molecular weight excluding hydrogens is 279 g/mol. The van der Waals surface area contributed by atoms with Crippen molar-refractivity contribution in [1.29, 1.82) is 0 Å². The number of rotatable bonds is 4. The molecule has 1 aromatic rings. The van der Waals surface area contributed by atoms with Gasteiger partial charge in [-0.15, -0.1) is 0 Å². The number of halogens is 3. The van der Waals surface area contributed by atoms with E-state index in [0.717, 1.165) is 31.7 Å². The molecule has 1 saturated carbocycles. The van der Waals surface area contributed by atoms with E-state index in [2.05, 4.69) is 0 Å². The maximum Gasteiger partial charge on any atom is 0.418 e. The van der Waals surface area contributed by atoms with Crippen molar-refractivity contribution >= 4 is 12.0 Å². The van der Waals surface area contributed by atoms with Crippen LogP contribution in [-0.4, -0.2) is 19.9 Å². The first kappa shape index (κ1) is 15.9. The van der Waals surface area contributed by atoms with E-state index in [9.17, 15) is 18.0 Å². The third kappa shape index (κ3) is 3.99. The summed E-state index contributed by atoms with van der Waals surface area (Å²) in [6.45, 7) is 0.628. The summed E-state index contributed by atoms with van der Waals surface area (Å²) in [6.07, 6.45) is 1.71. The van der Waals surface area contributed by atoms with Crippen molar-refractivity contribution in [1.82, 2.24) is 0 Å². The molecule has 0 N–H and O–H groups in total. The highest BCUT2D eigenvalue weighted by molar-refractivity contribution is 5.77. The van der Waals surface area contributed by atoms with Crippen molar-refractivity contribution in [3.05, 3.63) is 29.3 Å². The Labute approximate surface area is 122 Å². The van der Waals surface area contributed by atoms with E-state index in [0.29, 0.717) is 18.7 Å². The summed E-state index contributed by atoms with van der Waals surface area (Å²) in [5, 5.41) is 0. The third-order valence-corrected chi connectivity index (χ3v) is 4.13. The van der Waals surface area contributed by atoms with E-state index in [1.807, 2.05) is 0 Å². The minimum atomic E-state index is -4.45. The molecule has 1 aliphatic rings. The quantitative estimate of drug-likeness (QED) is 0.761. The number of alkyl halides is 3. The van der Waals surface area contributed by atoms with Gasteiger partial charge in [-0.2, -0.15) is 13.2 Å². The van der Waals surface area contributed by atoms with Crippen molar-refractivity contribution in [3.8, 4) is 0 Å². The zero-order valence-electron chi connectivity index (χ0n) is 12.1. The summed E-state index contributed by atoms with van der Waals surface area (Å²) in [6, 6.07) is 3.77. The summed E-state index contributed by atoms with van der Waals surface area (Å²) in [5.41, 5.74) is -0.527. The number of benzene rings is 1. The zero-order chi connectivity index (χ0) is 15.5. The Bertz CT molecular complexity index is 493. The van der Waals surface area contributed by atoms with Crippen LogP contribution < -0.4 is 4.90 Å². The summed E-state index contributed by atoms with van der Waals surface area (Å²) in [7, 11) is 1.69. The van der Waals surface area contributed by atoms with Gasteiger partial charge in [-0.1, -0.05) is 19.3 Å². The fourth-order valence-electron chi connectivity index (χ4n) is 3.04. The second kappa shape index (κ2) is 6.50. The minimum absolute atomic E-state index is 0.0529. The molecule has 0 aliphatic heterocycles. The van der Waals surface area contributed by atoms with Gasteiger partial charge in [0.15, 0.2) is 0 Å². The SMILES string of the molecule is CN(CC1CCCCC1)c1ccc(C=O)cc1C(F)(F)F. The van der Waals surface area contributed by atoms with E-state index in [-0.39, 0.29) is 11.3 Å². The van der Waals surface area contributed by atoms with Gasteiger partial charge < -0.3 is 4.90 Å². The fraction of sp³-hybridized carbons (Fsp3) is 0.562. The molecule has 5 heteroatoms. The minimum Gasteiger partial charge on any atom is -0.374 e. The van der Waals surface area contributed by atoms with Gasteiger partial charge in [0.05, 0.1) is 5.56 Å². The van der Waals surface area contributed by atoms with Gasteiger partial charge in [-0.3, -0.25) is 4.79 Å². The number of nitrogens with zero attached hydrogens (tertiary/aromatic N) is 1. The van der Waals surface area contributed by atoms with Crippen LogP contribution in [0.5, 0.6) is 0 Å². The van der Waals surface area contributed by atoms with E-state index < -0.39 is 11.7 Å². The Kier molecular flexibility index (Phi) is 4.91. The van der Waals surface area contributed by atoms with Gasteiger partial charge in [0.25, 0.3) is 0 Å². The molecule has 0 bridgehead atoms. The number of hydrogen-bond acceptors (Lipinski definition) is 2. The van der Waals surface area contributed by atoms with E-state index >= 15 is 0 Å². The van der Waals surface area contributed by atoms with Crippen molar-refractivity contribution in [2.45, 2.75) is 38.3 Å². The average Bonchev–Trinajstić information content (AvgIpc) is 2.46. The molecule has 1 fully saturated rings. The molecule has 116 valence electrons. The standard InChI is InChI=1S/C16H20F3NO/c1-20(10-12-5-3-2-4-6-12)15-8-7-13(11-21)9-14(15)16(17,18)19/h7-9,11-12H,2-6,10H2,1H3. The second-order valence-electron chi connectivity index (χ2n) is 5.78. The van der Waals surface area contributed by atoms with Crippen molar-refractivity contribution in [3.63, 3.8) is 0 Å². The van der Waals surface area contributed by atoms with Crippen LogP contribution in [0.25, 0.3) is 0 Å². The lowest BCUT2D eigenvalue weighted by atomic mass is 9.89. The van der Waals surface area contributed by atoms with Crippen LogP contribution in [-0.2, 0) is 6.18 Å². The summed E-state index contributed by atoms with van der Waals surface area (Å²) in [5.74, 6) is 0.454. The third-order valence-electron chi connectivity index (χ3n) is 4.13. The molecule has 2 nitrogen and oxygen atoms in total. The van der Waals surface area contributed by atoms with Gasteiger partial charge in [-0.05, 0) is 37.0 Å². The predicted molar refractivity (Wildman–Crippen MR) is 76.7 cm³/mol. The molecule has 2 rings (SSSR count). The number of hydrogen-bond donors (Lipinski definition) is 0. The molecule has 1 aromatic carbocycles. The zero-order valence-corrected chi connectivity index (χ0v) is 12.1. The highest BCUT2D eigenvalue weighted by atomic mass is 19.4. The van der Waals surface area contributed by atoms with Gasteiger partial charge >= 0.3 is 6.18 Å². The first-order valence-corrected chi connectivity index (χ1v) is 7.29. The summed E-state index contributed by atoms with van der Waals surface area (Å²) in [4.78, 5) is 12.4. The molecular formula is C16H20F3NO. The number of carbonyl (C=O) groups excluding carboxylic acids is 1. The van der Waals surface area contributed by atoms with Gasteiger partial charge in [-0.25, -0.2) is 0 Å². The molecule has 0 heterocycles. The summed E-state index contributed by atoms with van der Waals surface area (Å²) >= 11 is 0. The van der Waals surface area contributed by atoms with Crippen LogP contribution in [0.15, 0.2) is 18.2 Å². The number of aldehydes is 1. The maximum absolute atomic E-state index is 13.2. The Balaban J connectivity index is 2.22. The largest absolute Gasteiger partial charge is 0.418 e. The van der Waals surface area contributed by atoms with Crippen molar-refractivity contribution < 1.29 is 18.0 Å². The maximum atomic E-state index is 13.2. The second-order valence-corrected chi connectivity index (χ2v) is 5.78. The Hall–Kier alpha value is -1.52. The molecule has 0 aromatic heterocycles. The van der Waals surface area contributed by atoms with Gasteiger partial charge in [0.2, 0.25) is 0 Å². The molecule has 0 radical (unpaired) electrons. The van der Waals surface area contributed by atoms with Crippen LogP contribution >= 0.6 is 0 Å². The van der Waals surface area contributed by atoms with E-state index in [1.54, 1.807) is 11.9 Å². The molecule has 0 atom stereocenters. The average molecular weight is 299 g/mol. The Morgan fingerprint density at radius 1 is 1.24 bits per heavy atom. The van der Waals surface area contributed by atoms with Crippen LogP contribution in [0.1, 0.15) is 48.0 Å². The lowest BCUT2D eigenvalue weighted by molar-refractivity contribution is -0.137. The monoisotopic (exact) mass is 299 g/mol. The van der Waals surface area contributed by atoms with Crippen LogP contribution in [0.2, 0.25) is 0 Å². The number of anilines is 1. The van der Waals surface area contributed by atoms with E-state index in [4.69, 9.17) is 0 Å². The Morgan fingerprint density at radius 2 is 1.90 bits per heavy atom. The van der Waals surface area contributed by atoms with Crippen LogP contribution in [0.3, 0.4) is 0 Å².